The summed E-state index contributed by atoms with van der Waals surface area (Å²) < 4.78 is 114. The monoisotopic (exact) mass is 871 g/mol. The fraction of sp³-hybridized carbons (Fsp3) is 0.488. The molecule has 19 heteroatoms. The lowest BCUT2D eigenvalue weighted by Crippen LogP contribution is -2.47. The van der Waals surface area contributed by atoms with Gasteiger partial charge in [-0.1, -0.05) is 32.9 Å². The summed E-state index contributed by atoms with van der Waals surface area (Å²) in [4.78, 5) is 41.0. The zero-order chi connectivity index (χ0) is 44.4. The van der Waals surface area contributed by atoms with Crippen LogP contribution in [0.25, 0.3) is 0 Å². The zero-order valence-corrected chi connectivity index (χ0v) is 34.8. The van der Waals surface area contributed by atoms with Gasteiger partial charge in [0.05, 0.1) is 42.5 Å². The highest BCUT2D eigenvalue weighted by Gasteiger charge is 2.35. The van der Waals surface area contributed by atoms with Crippen molar-refractivity contribution < 1.29 is 68.4 Å². The minimum absolute atomic E-state index is 0.0613. The number of alkyl halides is 5. The molecule has 60 heavy (non-hydrogen) atoms. The number of halogens is 5. The molecule has 2 unspecified atom stereocenters. The first-order valence-electron chi connectivity index (χ1n) is 19.1. The highest BCUT2D eigenvalue weighted by molar-refractivity contribution is 7.91. The molecule has 4 atom stereocenters. The molecule has 3 aromatic rings. The summed E-state index contributed by atoms with van der Waals surface area (Å²) in [5.74, 6) is -1.93. The van der Waals surface area contributed by atoms with Crippen molar-refractivity contribution in [3.63, 3.8) is 0 Å². The SMILES string of the molecule is CCS(=O)(=O)c1ccc(C(CCOC(=O)C(NC(=O)OC(C)(C)C)C(C)C)NC(=O)c2ccc(N3C[C@@H](Oc4ccc(OC(F)(F)F)cc4)C[C@H]3COC(F)F)cc2)cc1. The standard InChI is InChI=1S/C41H50F5N3O10S/c1-7-60(53,54)33-18-10-26(11-19-33)34(20-21-55-37(51)35(25(2)3)48-39(52)59-40(4,5)6)47-36(50)27-8-12-28(13-9-27)49-23-32(22-29(49)24-56-38(42)43)57-30-14-16-31(17-15-30)58-41(44,45)46/h8-19,25,29,32,34-35,38H,7,20-24H2,1-6H3,(H,47,50)(H,48,52)/t29-,32-,34?,35?/m0/s1. The number of esters is 1. The summed E-state index contributed by atoms with van der Waals surface area (Å²) >= 11 is 0. The second-order valence-corrected chi connectivity index (χ2v) is 17.5. The third-order valence-corrected chi connectivity index (χ3v) is 10.9. The molecular weight excluding hydrogens is 822 g/mol. The molecule has 4 rings (SSSR count). The first-order valence-corrected chi connectivity index (χ1v) is 20.8. The van der Waals surface area contributed by atoms with Crippen molar-refractivity contribution in [3.05, 3.63) is 83.9 Å². The van der Waals surface area contributed by atoms with E-state index in [0.29, 0.717) is 11.3 Å². The van der Waals surface area contributed by atoms with E-state index in [-0.39, 0.29) is 60.5 Å². The molecule has 330 valence electrons. The lowest BCUT2D eigenvalue weighted by Gasteiger charge is -2.26. The molecule has 1 fully saturated rings. The second kappa shape index (κ2) is 20.4. The zero-order valence-electron chi connectivity index (χ0n) is 34.0. The van der Waals surface area contributed by atoms with Gasteiger partial charge in [-0.3, -0.25) is 4.79 Å². The molecule has 2 N–H and O–H groups in total. The van der Waals surface area contributed by atoms with E-state index in [1.807, 2.05) is 0 Å². The number of amides is 2. The summed E-state index contributed by atoms with van der Waals surface area (Å²) in [6.45, 7) is 6.62. The Morgan fingerprint density at radius 2 is 1.50 bits per heavy atom. The van der Waals surface area contributed by atoms with Crippen molar-refractivity contribution in [2.75, 3.05) is 30.4 Å². The lowest BCUT2D eigenvalue weighted by molar-refractivity contribution is -0.274. The number of carbonyl (C=O) groups is 3. The number of carbonyl (C=O) groups excluding carboxylic acids is 3. The highest BCUT2D eigenvalue weighted by atomic mass is 32.2. The topological polar surface area (TPSA) is 159 Å². The molecule has 0 aromatic heterocycles. The molecule has 13 nitrogen and oxygen atoms in total. The van der Waals surface area contributed by atoms with Gasteiger partial charge in [0.25, 0.3) is 5.91 Å². The van der Waals surface area contributed by atoms with Crippen LogP contribution in [0.1, 0.15) is 76.3 Å². The predicted octanol–water partition coefficient (Wildman–Crippen LogP) is 7.60. The number of hydrogen-bond acceptors (Lipinski definition) is 11. The Labute approximate surface area is 345 Å². The lowest BCUT2D eigenvalue weighted by atomic mass is 10.0. The first-order chi connectivity index (χ1) is 28.0. The summed E-state index contributed by atoms with van der Waals surface area (Å²) in [6, 6.07) is 14.6. The Bertz CT molecular complexity index is 1990. The quantitative estimate of drug-likeness (QED) is 0.0958. The van der Waals surface area contributed by atoms with Crippen LogP contribution >= 0.6 is 0 Å². The van der Waals surface area contributed by atoms with Crippen LogP contribution in [0.5, 0.6) is 11.5 Å². The Kier molecular flexibility index (Phi) is 16.1. The molecule has 1 saturated heterocycles. The van der Waals surface area contributed by atoms with Crippen molar-refractivity contribution in [2.24, 2.45) is 5.92 Å². The number of nitrogens with one attached hydrogen (secondary N) is 2. The van der Waals surface area contributed by atoms with E-state index in [4.69, 9.17) is 14.2 Å². The number of hydrogen-bond donors (Lipinski definition) is 2. The van der Waals surface area contributed by atoms with E-state index in [2.05, 4.69) is 20.1 Å². The smallest absolute Gasteiger partial charge is 0.489 e. The molecule has 3 aromatic carbocycles. The van der Waals surface area contributed by atoms with Crippen LogP contribution in [0.3, 0.4) is 0 Å². The van der Waals surface area contributed by atoms with E-state index in [0.717, 1.165) is 12.1 Å². The number of sulfone groups is 1. The van der Waals surface area contributed by atoms with Crippen LogP contribution in [-0.4, -0.2) is 88.7 Å². The Hall–Kier alpha value is -5.17. The Balaban J connectivity index is 1.48. The normalized spacial score (nSPS) is 16.9. The van der Waals surface area contributed by atoms with Gasteiger partial charge in [-0.25, -0.2) is 18.0 Å². The summed E-state index contributed by atoms with van der Waals surface area (Å²) in [5.41, 5.74) is 0.476. The molecule has 1 aliphatic rings. The summed E-state index contributed by atoms with van der Waals surface area (Å²) in [7, 11) is -3.52. The molecule has 1 heterocycles. The molecule has 0 radical (unpaired) electrons. The Morgan fingerprint density at radius 1 is 0.883 bits per heavy atom. The van der Waals surface area contributed by atoms with Gasteiger partial charge < -0.3 is 39.2 Å². The maximum absolute atomic E-state index is 13.7. The molecule has 0 saturated carbocycles. The molecule has 0 spiro atoms. The fourth-order valence-corrected chi connectivity index (χ4v) is 7.16. The van der Waals surface area contributed by atoms with E-state index in [9.17, 15) is 44.8 Å². The van der Waals surface area contributed by atoms with Gasteiger partial charge in [-0.2, -0.15) is 8.78 Å². The van der Waals surface area contributed by atoms with Crippen molar-refractivity contribution in [1.82, 2.24) is 10.6 Å². The third kappa shape index (κ3) is 14.5. The maximum atomic E-state index is 13.7. The van der Waals surface area contributed by atoms with Crippen molar-refractivity contribution in [3.8, 4) is 11.5 Å². The minimum atomic E-state index is -4.86. The third-order valence-electron chi connectivity index (χ3n) is 9.18. The van der Waals surface area contributed by atoms with E-state index in [1.165, 1.54) is 43.3 Å². The maximum Gasteiger partial charge on any atom is 0.573 e. The van der Waals surface area contributed by atoms with E-state index >= 15 is 0 Å². The molecule has 0 bridgehead atoms. The first kappa shape index (κ1) is 47.5. The number of benzene rings is 3. The summed E-state index contributed by atoms with van der Waals surface area (Å²) in [5, 5.41) is 5.44. The van der Waals surface area contributed by atoms with Gasteiger partial charge in [0.15, 0.2) is 9.84 Å². The highest BCUT2D eigenvalue weighted by Crippen LogP contribution is 2.31. The van der Waals surface area contributed by atoms with Gasteiger partial charge in [0.2, 0.25) is 0 Å². The summed E-state index contributed by atoms with van der Waals surface area (Å²) in [6.07, 6.45) is -5.93. The van der Waals surface area contributed by atoms with Crippen LogP contribution < -0.4 is 25.0 Å². The molecule has 0 aliphatic carbocycles. The number of ether oxygens (including phenoxy) is 5. The number of alkyl carbamates (subject to hydrolysis) is 1. The van der Waals surface area contributed by atoms with E-state index < -0.39 is 76.4 Å². The number of rotatable bonds is 18. The fourth-order valence-electron chi connectivity index (χ4n) is 6.27. The van der Waals surface area contributed by atoms with Crippen molar-refractivity contribution in [1.29, 1.82) is 0 Å². The average Bonchev–Trinajstić information content (AvgIpc) is 3.57. The van der Waals surface area contributed by atoms with Gasteiger partial charge in [0.1, 0.15) is 29.2 Å². The average molecular weight is 872 g/mol. The predicted molar refractivity (Wildman–Crippen MR) is 210 cm³/mol. The second-order valence-electron chi connectivity index (χ2n) is 15.3. The van der Waals surface area contributed by atoms with Crippen LogP contribution in [0.2, 0.25) is 0 Å². The van der Waals surface area contributed by atoms with Gasteiger partial charge >= 0.3 is 25.0 Å². The van der Waals surface area contributed by atoms with Crippen LogP contribution in [0, 0.1) is 5.92 Å². The number of anilines is 1. The Morgan fingerprint density at radius 3 is 2.05 bits per heavy atom. The van der Waals surface area contributed by atoms with Gasteiger partial charge in [-0.05, 0) is 92.9 Å². The van der Waals surface area contributed by atoms with Crippen LogP contribution in [0.15, 0.2) is 77.7 Å². The van der Waals surface area contributed by atoms with Crippen molar-refractivity contribution in [2.45, 2.75) is 102 Å². The van der Waals surface area contributed by atoms with Crippen LogP contribution in [0.4, 0.5) is 32.4 Å². The minimum Gasteiger partial charge on any atom is -0.489 e. The molecular formula is C41H50F5N3O10S. The number of nitrogens with zero attached hydrogens (tertiary/aromatic N) is 1. The van der Waals surface area contributed by atoms with Crippen molar-refractivity contribution >= 4 is 33.5 Å². The van der Waals surface area contributed by atoms with E-state index in [1.54, 1.807) is 63.8 Å². The van der Waals surface area contributed by atoms with Gasteiger partial charge in [-0.15, -0.1) is 13.2 Å². The molecule has 1 aliphatic heterocycles. The largest absolute Gasteiger partial charge is 0.573 e. The van der Waals surface area contributed by atoms with Gasteiger partial charge in [0, 0.05) is 24.1 Å². The van der Waals surface area contributed by atoms with Crippen LogP contribution in [-0.2, 0) is 28.8 Å². The molecule has 2 amide bonds.